The summed E-state index contributed by atoms with van der Waals surface area (Å²) in [6.07, 6.45) is 3.73. The summed E-state index contributed by atoms with van der Waals surface area (Å²) in [5.41, 5.74) is 3.92. The van der Waals surface area contributed by atoms with Crippen molar-refractivity contribution < 1.29 is 4.79 Å². The Morgan fingerprint density at radius 3 is 2.41 bits per heavy atom. The second kappa shape index (κ2) is 7.48. The molecule has 4 nitrogen and oxygen atoms in total. The summed E-state index contributed by atoms with van der Waals surface area (Å²) >= 11 is 6.14. The van der Waals surface area contributed by atoms with Crippen LogP contribution in [0.25, 0.3) is 16.8 Å². The first-order valence-corrected chi connectivity index (χ1v) is 8.85. The SMILES string of the molecule is O=C(Nc1ccccc1-c1cnn(-c2ccccc2)c1)c1ccccc1Cl. The molecule has 1 amide bonds. The van der Waals surface area contributed by atoms with Crippen LogP contribution in [0.15, 0.2) is 91.3 Å². The van der Waals surface area contributed by atoms with Crippen LogP contribution >= 0.6 is 11.6 Å². The van der Waals surface area contributed by atoms with Gasteiger partial charge < -0.3 is 5.32 Å². The number of anilines is 1. The van der Waals surface area contributed by atoms with Crippen LogP contribution in [0.5, 0.6) is 0 Å². The number of benzene rings is 3. The van der Waals surface area contributed by atoms with Gasteiger partial charge in [0.05, 0.1) is 22.5 Å². The van der Waals surface area contributed by atoms with E-state index in [9.17, 15) is 4.79 Å². The first kappa shape index (κ1) is 17.1. The smallest absolute Gasteiger partial charge is 0.257 e. The molecule has 4 aromatic rings. The lowest BCUT2D eigenvalue weighted by Gasteiger charge is -2.10. The van der Waals surface area contributed by atoms with E-state index in [1.54, 1.807) is 30.5 Å². The molecule has 4 rings (SSSR count). The number of carbonyl (C=O) groups is 1. The van der Waals surface area contributed by atoms with Crippen LogP contribution in [-0.2, 0) is 0 Å². The molecule has 0 aliphatic carbocycles. The van der Waals surface area contributed by atoms with Crippen LogP contribution in [0.4, 0.5) is 5.69 Å². The van der Waals surface area contributed by atoms with E-state index in [2.05, 4.69) is 10.4 Å². The molecule has 0 atom stereocenters. The summed E-state index contributed by atoms with van der Waals surface area (Å²) in [5, 5.41) is 7.81. The van der Waals surface area contributed by atoms with Crippen molar-refractivity contribution in [3.05, 3.63) is 102 Å². The van der Waals surface area contributed by atoms with Gasteiger partial charge in [0, 0.05) is 23.0 Å². The molecular weight excluding hydrogens is 358 g/mol. The van der Waals surface area contributed by atoms with Crippen molar-refractivity contribution in [3.8, 4) is 16.8 Å². The van der Waals surface area contributed by atoms with Crippen LogP contribution in [-0.4, -0.2) is 15.7 Å². The number of carbonyl (C=O) groups excluding carboxylic acids is 1. The van der Waals surface area contributed by atoms with Gasteiger partial charge in [0.2, 0.25) is 0 Å². The largest absolute Gasteiger partial charge is 0.321 e. The van der Waals surface area contributed by atoms with Gasteiger partial charge in [-0.2, -0.15) is 5.10 Å². The summed E-state index contributed by atoms with van der Waals surface area (Å²) in [6, 6.07) is 24.5. The van der Waals surface area contributed by atoms with E-state index in [1.807, 2.05) is 65.5 Å². The molecule has 0 aliphatic heterocycles. The molecular formula is C22H16ClN3O. The zero-order valence-corrected chi connectivity index (χ0v) is 15.1. The Hall–Kier alpha value is -3.37. The van der Waals surface area contributed by atoms with E-state index in [-0.39, 0.29) is 5.91 Å². The first-order chi connectivity index (χ1) is 13.2. The Balaban J connectivity index is 1.65. The van der Waals surface area contributed by atoms with Crippen molar-refractivity contribution in [1.29, 1.82) is 0 Å². The molecule has 0 unspecified atom stereocenters. The van der Waals surface area contributed by atoms with Gasteiger partial charge in [-0.25, -0.2) is 4.68 Å². The third-order valence-corrected chi connectivity index (χ3v) is 4.54. The number of rotatable bonds is 4. The van der Waals surface area contributed by atoms with Crippen LogP contribution in [0.3, 0.4) is 0 Å². The third-order valence-electron chi connectivity index (χ3n) is 4.21. The molecule has 0 saturated carbocycles. The van der Waals surface area contributed by atoms with Crippen LogP contribution < -0.4 is 5.32 Å². The van der Waals surface area contributed by atoms with Crippen molar-refractivity contribution in [2.75, 3.05) is 5.32 Å². The van der Waals surface area contributed by atoms with Crippen molar-refractivity contribution in [2.45, 2.75) is 0 Å². The molecule has 1 N–H and O–H groups in total. The summed E-state index contributed by atoms with van der Waals surface area (Å²) < 4.78 is 1.81. The second-order valence-electron chi connectivity index (χ2n) is 5.99. The minimum Gasteiger partial charge on any atom is -0.321 e. The van der Waals surface area contributed by atoms with Crippen LogP contribution in [0.1, 0.15) is 10.4 Å². The molecule has 0 radical (unpaired) electrons. The Kier molecular flexibility index (Phi) is 4.73. The highest BCUT2D eigenvalue weighted by molar-refractivity contribution is 6.34. The van der Waals surface area contributed by atoms with E-state index >= 15 is 0 Å². The normalized spacial score (nSPS) is 10.6. The molecule has 5 heteroatoms. The molecule has 0 saturated heterocycles. The standard InChI is InChI=1S/C22H16ClN3O/c23-20-12-6-4-11-19(20)22(27)25-21-13-7-5-10-18(21)16-14-24-26(15-16)17-8-2-1-3-9-17/h1-15H,(H,25,27). The lowest BCUT2D eigenvalue weighted by Crippen LogP contribution is -2.13. The summed E-state index contributed by atoms with van der Waals surface area (Å²) in [4.78, 5) is 12.6. The monoisotopic (exact) mass is 373 g/mol. The lowest BCUT2D eigenvalue weighted by atomic mass is 10.1. The average Bonchev–Trinajstić information content (AvgIpc) is 3.19. The maximum absolute atomic E-state index is 12.6. The molecule has 132 valence electrons. The van der Waals surface area contributed by atoms with Crippen molar-refractivity contribution >= 4 is 23.2 Å². The molecule has 27 heavy (non-hydrogen) atoms. The number of para-hydroxylation sites is 2. The van der Waals surface area contributed by atoms with Gasteiger partial charge in [-0.15, -0.1) is 0 Å². The number of hydrogen-bond donors (Lipinski definition) is 1. The lowest BCUT2D eigenvalue weighted by molar-refractivity contribution is 0.102. The van der Waals surface area contributed by atoms with E-state index in [4.69, 9.17) is 11.6 Å². The molecule has 0 spiro atoms. The van der Waals surface area contributed by atoms with Crippen LogP contribution in [0, 0.1) is 0 Å². The van der Waals surface area contributed by atoms with E-state index in [0.29, 0.717) is 16.3 Å². The summed E-state index contributed by atoms with van der Waals surface area (Å²) in [7, 11) is 0. The summed E-state index contributed by atoms with van der Waals surface area (Å²) in [5.74, 6) is -0.247. The first-order valence-electron chi connectivity index (χ1n) is 8.48. The molecule has 1 aromatic heterocycles. The van der Waals surface area contributed by atoms with E-state index < -0.39 is 0 Å². The minimum absolute atomic E-state index is 0.247. The molecule has 1 heterocycles. The van der Waals surface area contributed by atoms with E-state index in [1.165, 1.54) is 0 Å². The predicted octanol–water partition coefficient (Wildman–Crippen LogP) is 5.45. The average molecular weight is 374 g/mol. The molecule has 0 bridgehead atoms. The predicted molar refractivity (Wildman–Crippen MR) is 108 cm³/mol. The number of halogens is 1. The van der Waals surface area contributed by atoms with Gasteiger partial charge in [0.25, 0.3) is 5.91 Å². The van der Waals surface area contributed by atoms with Crippen molar-refractivity contribution in [3.63, 3.8) is 0 Å². The molecule has 0 aliphatic rings. The maximum atomic E-state index is 12.6. The fraction of sp³-hybridized carbons (Fsp3) is 0. The van der Waals surface area contributed by atoms with Crippen LogP contribution in [0.2, 0.25) is 5.02 Å². The molecule has 3 aromatic carbocycles. The number of nitrogens with one attached hydrogen (secondary N) is 1. The highest BCUT2D eigenvalue weighted by Crippen LogP contribution is 2.29. The zero-order valence-electron chi connectivity index (χ0n) is 14.3. The van der Waals surface area contributed by atoms with Crippen molar-refractivity contribution in [2.24, 2.45) is 0 Å². The molecule has 0 fully saturated rings. The van der Waals surface area contributed by atoms with Gasteiger partial charge in [-0.05, 0) is 30.3 Å². The quantitative estimate of drug-likeness (QED) is 0.517. The van der Waals surface area contributed by atoms with Gasteiger partial charge in [0.15, 0.2) is 0 Å². The van der Waals surface area contributed by atoms with Gasteiger partial charge >= 0.3 is 0 Å². The number of amides is 1. The Morgan fingerprint density at radius 1 is 0.889 bits per heavy atom. The number of hydrogen-bond acceptors (Lipinski definition) is 2. The van der Waals surface area contributed by atoms with Gasteiger partial charge in [-0.1, -0.05) is 60.1 Å². The Bertz CT molecular complexity index is 1090. The second-order valence-corrected chi connectivity index (χ2v) is 6.40. The number of nitrogens with zero attached hydrogens (tertiary/aromatic N) is 2. The van der Waals surface area contributed by atoms with E-state index in [0.717, 1.165) is 16.8 Å². The maximum Gasteiger partial charge on any atom is 0.257 e. The topological polar surface area (TPSA) is 46.9 Å². The summed E-state index contributed by atoms with van der Waals surface area (Å²) in [6.45, 7) is 0. The third kappa shape index (κ3) is 3.61. The highest BCUT2D eigenvalue weighted by Gasteiger charge is 2.13. The highest BCUT2D eigenvalue weighted by atomic mass is 35.5. The van der Waals surface area contributed by atoms with Gasteiger partial charge in [-0.3, -0.25) is 4.79 Å². The fourth-order valence-corrected chi connectivity index (χ4v) is 3.08. The van der Waals surface area contributed by atoms with Crippen molar-refractivity contribution in [1.82, 2.24) is 9.78 Å². The fourth-order valence-electron chi connectivity index (χ4n) is 2.86. The Morgan fingerprint density at radius 2 is 1.59 bits per heavy atom. The Labute approximate surface area is 162 Å². The van der Waals surface area contributed by atoms with Gasteiger partial charge in [0.1, 0.15) is 0 Å². The minimum atomic E-state index is -0.247. The number of aromatic nitrogens is 2. The zero-order chi connectivity index (χ0) is 18.6.